The van der Waals surface area contributed by atoms with Crippen LogP contribution in [0.15, 0.2) is 40.3 Å². The van der Waals surface area contributed by atoms with Crippen molar-refractivity contribution >= 4 is 17.3 Å². The van der Waals surface area contributed by atoms with Crippen molar-refractivity contribution in [3.05, 3.63) is 52.6 Å². The standard InChI is InChI=1S/C16H13NO3S/c1-9-4-3-5-10(2)14(9)15-17-12(8-21-15)13-6-11(7-20-13)16(18)19/h3-8H,1-2H3,(H,18,19). The number of aryl methyl sites for hydroxylation is 2. The van der Waals surface area contributed by atoms with Crippen LogP contribution >= 0.6 is 11.3 Å². The number of hydrogen-bond acceptors (Lipinski definition) is 4. The molecule has 1 aromatic carbocycles. The van der Waals surface area contributed by atoms with Crippen LogP contribution in [-0.2, 0) is 0 Å². The van der Waals surface area contributed by atoms with Crippen LogP contribution in [0.5, 0.6) is 0 Å². The minimum Gasteiger partial charge on any atom is -0.478 e. The van der Waals surface area contributed by atoms with E-state index in [-0.39, 0.29) is 5.56 Å². The number of carbonyl (C=O) groups is 1. The molecule has 0 aliphatic rings. The summed E-state index contributed by atoms with van der Waals surface area (Å²) in [5.41, 5.74) is 4.25. The number of benzene rings is 1. The molecule has 0 bridgehead atoms. The van der Waals surface area contributed by atoms with E-state index in [9.17, 15) is 4.79 Å². The monoisotopic (exact) mass is 299 g/mol. The van der Waals surface area contributed by atoms with Gasteiger partial charge >= 0.3 is 5.97 Å². The largest absolute Gasteiger partial charge is 0.478 e. The quantitative estimate of drug-likeness (QED) is 0.779. The Hall–Kier alpha value is -2.40. The van der Waals surface area contributed by atoms with Gasteiger partial charge in [-0.25, -0.2) is 9.78 Å². The van der Waals surface area contributed by atoms with Crippen molar-refractivity contribution in [3.8, 4) is 22.0 Å². The van der Waals surface area contributed by atoms with Crippen molar-refractivity contribution in [2.45, 2.75) is 13.8 Å². The summed E-state index contributed by atoms with van der Waals surface area (Å²) in [6.45, 7) is 4.11. The molecule has 1 N–H and O–H groups in total. The van der Waals surface area contributed by atoms with E-state index >= 15 is 0 Å². The summed E-state index contributed by atoms with van der Waals surface area (Å²) >= 11 is 1.52. The van der Waals surface area contributed by atoms with E-state index in [1.54, 1.807) is 0 Å². The molecule has 0 spiro atoms. The molecule has 0 radical (unpaired) electrons. The van der Waals surface area contributed by atoms with Gasteiger partial charge in [-0.05, 0) is 25.0 Å². The summed E-state index contributed by atoms with van der Waals surface area (Å²) in [6, 6.07) is 7.62. The van der Waals surface area contributed by atoms with E-state index < -0.39 is 5.97 Å². The lowest BCUT2D eigenvalue weighted by Crippen LogP contribution is -1.91. The van der Waals surface area contributed by atoms with Crippen molar-refractivity contribution in [2.24, 2.45) is 0 Å². The van der Waals surface area contributed by atoms with Crippen LogP contribution in [0.4, 0.5) is 0 Å². The molecule has 0 amide bonds. The summed E-state index contributed by atoms with van der Waals surface area (Å²) in [5.74, 6) is -0.531. The minimum atomic E-state index is -1.00. The van der Waals surface area contributed by atoms with Crippen LogP contribution < -0.4 is 0 Å². The number of nitrogens with zero attached hydrogens (tertiary/aromatic N) is 1. The molecule has 106 valence electrons. The summed E-state index contributed by atoms with van der Waals surface area (Å²) < 4.78 is 5.29. The van der Waals surface area contributed by atoms with Gasteiger partial charge in [0.25, 0.3) is 0 Å². The van der Waals surface area contributed by atoms with E-state index in [1.807, 2.05) is 11.4 Å². The Morgan fingerprint density at radius 3 is 2.62 bits per heavy atom. The van der Waals surface area contributed by atoms with Gasteiger partial charge < -0.3 is 9.52 Å². The summed E-state index contributed by atoms with van der Waals surface area (Å²) in [7, 11) is 0. The average molecular weight is 299 g/mol. The van der Waals surface area contributed by atoms with Crippen molar-refractivity contribution in [1.29, 1.82) is 0 Å². The molecule has 0 fully saturated rings. The molecular weight excluding hydrogens is 286 g/mol. The van der Waals surface area contributed by atoms with Crippen LogP contribution in [-0.4, -0.2) is 16.1 Å². The molecule has 0 aliphatic carbocycles. The van der Waals surface area contributed by atoms with E-state index in [0.717, 1.165) is 10.6 Å². The van der Waals surface area contributed by atoms with E-state index in [0.29, 0.717) is 11.5 Å². The topological polar surface area (TPSA) is 63.3 Å². The fraction of sp³-hybridized carbons (Fsp3) is 0.125. The van der Waals surface area contributed by atoms with Gasteiger partial charge in [0.15, 0.2) is 5.76 Å². The fourth-order valence-corrected chi connectivity index (χ4v) is 3.22. The van der Waals surface area contributed by atoms with Gasteiger partial charge in [-0.15, -0.1) is 11.3 Å². The third kappa shape index (κ3) is 2.48. The molecule has 0 saturated heterocycles. The van der Waals surface area contributed by atoms with Crippen LogP contribution in [0.3, 0.4) is 0 Å². The Balaban J connectivity index is 2.02. The maximum absolute atomic E-state index is 10.9. The smallest absolute Gasteiger partial charge is 0.338 e. The fourth-order valence-electron chi connectivity index (χ4n) is 2.24. The zero-order chi connectivity index (χ0) is 15.0. The molecule has 3 rings (SSSR count). The van der Waals surface area contributed by atoms with Crippen molar-refractivity contribution < 1.29 is 14.3 Å². The molecule has 21 heavy (non-hydrogen) atoms. The highest BCUT2D eigenvalue weighted by molar-refractivity contribution is 7.13. The Morgan fingerprint density at radius 1 is 1.29 bits per heavy atom. The van der Waals surface area contributed by atoms with E-state index in [1.165, 1.54) is 34.8 Å². The van der Waals surface area contributed by atoms with Crippen LogP contribution in [0.25, 0.3) is 22.0 Å². The summed E-state index contributed by atoms with van der Waals surface area (Å²) in [5, 5.41) is 11.7. The minimum absolute atomic E-state index is 0.131. The van der Waals surface area contributed by atoms with Crippen molar-refractivity contribution in [2.75, 3.05) is 0 Å². The number of rotatable bonds is 3. The Labute approximate surface area is 125 Å². The maximum Gasteiger partial charge on any atom is 0.338 e. The lowest BCUT2D eigenvalue weighted by molar-refractivity contribution is 0.0696. The first-order chi connectivity index (χ1) is 10.1. The number of carboxylic acids is 1. The normalized spacial score (nSPS) is 10.8. The maximum atomic E-state index is 10.9. The first kappa shape index (κ1) is 13.6. The second kappa shape index (κ2) is 5.18. The van der Waals surface area contributed by atoms with Gasteiger partial charge in [0.1, 0.15) is 17.0 Å². The average Bonchev–Trinajstić information content (AvgIpc) is 3.07. The van der Waals surface area contributed by atoms with Crippen LogP contribution in [0.2, 0.25) is 0 Å². The predicted octanol–water partition coefficient (Wildman–Crippen LogP) is 4.39. The molecule has 0 aliphatic heterocycles. The third-order valence-corrected chi connectivity index (χ3v) is 4.16. The van der Waals surface area contributed by atoms with Crippen molar-refractivity contribution in [1.82, 2.24) is 4.98 Å². The second-order valence-corrected chi connectivity index (χ2v) is 5.67. The Morgan fingerprint density at radius 2 is 2.00 bits per heavy atom. The molecule has 0 unspecified atom stereocenters. The van der Waals surface area contributed by atoms with Gasteiger partial charge in [-0.1, -0.05) is 18.2 Å². The molecule has 4 nitrogen and oxygen atoms in total. The van der Waals surface area contributed by atoms with Gasteiger partial charge in [0.2, 0.25) is 0 Å². The van der Waals surface area contributed by atoms with Gasteiger partial charge in [0.05, 0.1) is 5.56 Å². The molecule has 2 aromatic heterocycles. The molecule has 0 saturated carbocycles. The molecular formula is C16H13NO3S. The highest BCUT2D eigenvalue weighted by Crippen LogP contribution is 2.33. The Bertz CT molecular complexity index is 796. The number of aromatic carboxylic acids is 1. The van der Waals surface area contributed by atoms with E-state index in [4.69, 9.17) is 9.52 Å². The number of aromatic nitrogens is 1. The number of hydrogen-bond donors (Lipinski definition) is 1. The zero-order valence-corrected chi connectivity index (χ0v) is 12.4. The van der Waals surface area contributed by atoms with E-state index in [2.05, 4.69) is 31.0 Å². The summed E-state index contributed by atoms with van der Waals surface area (Å²) in [6.07, 6.45) is 1.23. The highest BCUT2D eigenvalue weighted by atomic mass is 32.1. The molecule has 5 heteroatoms. The zero-order valence-electron chi connectivity index (χ0n) is 11.6. The predicted molar refractivity (Wildman–Crippen MR) is 81.7 cm³/mol. The van der Waals surface area contributed by atoms with Gasteiger partial charge in [-0.2, -0.15) is 0 Å². The van der Waals surface area contributed by atoms with Gasteiger partial charge in [0, 0.05) is 17.0 Å². The molecule has 0 atom stereocenters. The summed E-state index contributed by atoms with van der Waals surface area (Å²) in [4.78, 5) is 15.5. The lowest BCUT2D eigenvalue weighted by Gasteiger charge is -2.05. The highest BCUT2D eigenvalue weighted by Gasteiger charge is 2.15. The first-order valence-electron chi connectivity index (χ1n) is 6.40. The number of thiazole rings is 1. The SMILES string of the molecule is Cc1cccc(C)c1-c1nc(-c2cc(C(=O)O)co2)cs1. The lowest BCUT2D eigenvalue weighted by atomic mass is 10.0. The van der Waals surface area contributed by atoms with Gasteiger partial charge in [-0.3, -0.25) is 0 Å². The number of furan rings is 1. The molecule has 3 aromatic rings. The molecule has 2 heterocycles. The van der Waals surface area contributed by atoms with Crippen LogP contribution in [0, 0.1) is 13.8 Å². The second-order valence-electron chi connectivity index (χ2n) is 4.81. The first-order valence-corrected chi connectivity index (χ1v) is 7.28. The number of carboxylic acid groups (broad SMARTS) is 1. The third-order valence-electron chi connectivity index (χ3n) is 3.30. The van der Waals surface area contributed by atoms with Crippen LogP contribution in [0.1, 0.15) is 21.5 Å². The Kier molecular flexibility index (Phi) is 3.35. The van der Waals surface area contributed by atoms with Crippen molar-refractivity contribution in [3.63, 3.8) is 0 Å².